The molecule has 2 aromatic carbocycles. The predicted molar refractivity (Wildman–Crippen MR) is 113 cm³/mol. The Labute approximate surface area is 169 Å². The van der Waals surface area contributed by atoms with E-state index in [1.807, 2.05) is 18.2 Å². The van der Waals surface area contributed by atoms with Crippen molar-refractivity contribution in [2.24, 2.45) is 0 Å². The van der Waals surface area contributed by atoms with Crippen LogP contribution in [-0.4, -0.2) is 32.4 Å². The van der Waals surface area contributed by atoms with Gasteiger partial charge in [-0.25, -0.2) is 9.31 Å². The molecule has 0 aliphatic rings. The Kier molecular flexibility index (Phi) is 5.25. The van der Waals surface area contributed by atoms with E-state index in [9.17, 15) is 4.79 Å². The minimum absolute atomic E-state index is 0.246. The number of fused-ring (bicyclic) bond motifs is 2. The van der Waals surface area contributed by atoms with Crippen LogP contribution in [0.1, 0.15) is 49.1 Å². The van der Waals surface area contributed by atoms with Gasteiger partial charge in [0.25, 0.3) is 0 Å². The van der Waals surface area contributed by atoms with Crippen LogP contribution in [0.2, 0.25) is 0 Å². The number of esters is 1. The molecule has 148 valence electrons. The number of rotatable bonds is 6. The van der Waals surface area contributed by atoms with Crippen LogP contribution in [0.4, 0.5) is 0 Å². The van der Waals surface area contributed by atoms with Crippen molar-refractivity contribution in [2.45, 2.75) is 40.0 Å². The summed E-state index contributed by atoms with van der Waals surface area (Å²) in [6.07, 6.45) is 2.28. The van der Waals surface area contributed by atoms with Crippen molar-refractivity contribution < 1.29 is 9.53 Å². The minimum Gasteiger partial charge on any atom is -0.461 e. The van der Waals surface area contributed by atoms with Gasteiger partial charge >= 0.3 is 5.97 Å². The molecule has 0 saturated carbocycles. The highest BCUT2D eigenvalue weighted by molar-refractivity contribution is 6.00. The van der Waals surface area contributed by atoms with Crippen molar-refractivity contribution in [1.82, 2.24) is 19.8 Å². The maximum atomic E-state index is 12.4. The molecule has 0 aliphatic carbocycles. The average Bonchev–Trinajstić information content (AvgIpc) is 3.13. The average molecular weight is 388 g/mol. The molecule has 0 amide bonds. The Bertz CT molecular complexity index is 1190. The van der Waals surface area contributed by atoms with E-state index in [0.29, 0.717) is 18.7 Å². The predicted octanol–water partition coefficient (Wildman–Crippen LogP) is 4.64. The zero-order valence-corrected chi connectivity index (χ0v) is 17.0. The number of carbonyl (C=O) groups excluding carboxylic acids is 1. The molecule has 6 nitrogen and oxygen atoms in total. The van der Waals surface area contributed by atoms with Gasteiger partial charge in [-0.05, 0) is 36.1 Å². The van der Waals surface area contributed by atoms with Crippen molar-refractivity contribution in [3.8, 4) is 11.1 Å². The molecular formula is C23H24N4O2. The Morgan fingerprint density at radius 2 is 1.83 bits per heavy atom. The zero-order chi connectivity index (χ0) is 20.4. The molecule has 6 heteroatoms. The first-order valence-electron chi connectivity index (χ1n) is 10.1. The van der Waals surface area contributed by atoms with Crippen molar-refractivity contribution in [3.63, 3.8) is 0 Å². The molecule has 0 fully saturated rings. The molecule has 0 spiro atoms. The summed E-state index contributed by atoms with van der Waals surface area (Å²) in [6, 6.07) is 14.5. The van der Waals surface area contributed by atoms with Crippen molar-refractivity contribution >= 4 is 22.4 Å². The lowest BCUT2D eigenvalue weighted by Gasteiger charge is -2.09. The Morgan fingerprint density at radius 1 is 1.03 bits per heavy atom. The van der Waals surface area contributed by atoms with E-state index < -0.39 is 5.97 Å². The molecule has 0 unspecified atom stereocenters. The smallest absolute Gasteiger partial charge is 0.360 e. The summed E-state index contributed by atoms with van der Waals surface area (Å²) in [7, 11) is 0. The fourth-order valence-corrected chi connectivity index (χ4v) is 3.77. The summed E-state index contributed by atoms with van der Waals surface area (Å²) in [5, 5.41) is 15.9. The van der Waals surface area contributed by atoms with Crippen LogP contribution in [-0.2, 0) is 17.6 Å². The maximum Gasteiger partial charge on any atom is 0.360 e. The zero-order valence-electron chi connectivity index (χ0n) is 17.0. The SMILES string of the molecule is CCCc1c(C(=O)OCC)nnc2c(-c3cccc4ccccc34)c(CC)nn12. The summed E-state index contributed by atoms with van der Waals surface area (Å²) >= 11 is 0. The summed E-state index contributed by atoms with van der Waals surface area (Å²) in [5.41, 5.74) is 4.66. The van der Waals surface area contributed by atoms with Gasteiger partial charge in [-0.2, -0.15) is 5.10 Å². The molecule has 0 saturated heterocycles. The highest BCUT2D eigenvalue weighted by Gasteiger charge is 2.24. The van der Waals surface area contributed by atoms with Crippen LogP contribution in [0.5, 0.6) is 0 Å². The van der Waals surface area contributed by atoms with Crippen LogP contribution in [0, 0.1) is 0 Å². The van der Waals surface area contributed by atoms with Crippen LogP contribution in [0.25, 0.3) is 27.5 Å². The maximum absolute atomic E-state index is 12.4. The Morgan fingerprint density at radius 3 is 2.59 bits per heavy atom. The number of ether oxygens (including phenoxy) is 1. The molecule has 4 aromatic rings. The first-order valence-corrected chi connectivity index (χ1v) is 10.1. The van der Waals surface area contributed by atoms with Gasteiger partial charge < -0.3 is 4.74 Å². The monoisotopic (exact) mass is 388 g/mol. The second-order valence-electron chi connectivity index (χ2n) is 6.90. The number of hydrogen-bond acceptors (Lipinski definition) is 5. The largest absolute Gasteiger partial charge is 0.461 e. The number of aromatic nitrogens is 4. The van der Waals surface area contributed by atoms with E-state index in [2.05, 4.69) is 48.3 Å². The second kappa shape index (κ2) is 7.99. The van der Waals surface area contributed by atoms with E-state index in [1.165, 1.54) is 0 Å². The lowest BCUT2D eigenvalue weighted by Crippen LogP contribution is -2.16. The lowest BCUT2D eigenvalue weighted by atomic mass is 9.97. The first-order chi connectivity index (χ1) is 14.2. The van der Waals surface area contributed by atoms with Crippen molar-refractivity contribution in [3.05, 3.63) is 59.5 Å². The van der Waals surface area contributed by atoms with Gasteiger partial charge in [0.1, 0.15) is 0 Å². The standard InChI is InChI=1S/C23H24N4O2/c1-4-10-19-21(23(28)29-6-3)24-25-22-20(18(5-2)26-27(19)22)17-14-9-12-15-11-7-8-13-16(15)17/h7-9,11-14H,4-6,10H2,1-3H3. The highest BCUT2D eigenvalue weighted by Crippen LogP contribution is 2.34. The fourth-order valence-electron chi connectivity index (χ4n) is 3.77. The molecule has 0 radical (unpaired) electrons. The first kappa shape index (κ1) is 19.1. The second-order valence-corrected chi connectivity index (χ2v) is 6.90. The molecule has 0 bridgehead atoms. The summed E-state index contributed by atoms with van der Waals surface area (Å²) in [5.74, 6) is -0.453. The molecule has 2 heterocycles. The van der Waals surface area contributed by atoms with E-state index in [1.54, 1.807) is 11.4 Å². The molecule has 2 aromatic heterocycles. The summed E-state index contributed by atoms with van der Waals surface area (Å²) < 4.78 is 6.98. The fraction of sp³-hybridized carbons (Fsp3) is 0.304. The van der Waals surface area contributed by atoms with Gasteiger partial charge in [0.2, 0.25) is 0 Å². The molecule has 0 aliphatic heterocycles. The minimum atomic E-state index is -0.453. The van der Waals surface area contributed by atoms with Crippen molar-refractivity contribution in [2.75, 3.05) is 6.61 Å². The quantitative estimate of drug-likeness (QED) is 0.450. The van der Waals surface area contributed by atoms with Gasteiger partial charge in [0.15, 0.2) is 11.3 Å². The van der Waals surface area contributed by atoms with Gasteiger partial charge in [-0.15, -0.1) is 10.2 Å². The van der Waals surface area contributed by atoms with Gasteiger partial charge in [0.05, 0.1) is 23.6 Å². The van der Waals surface area contributed by atoms with E-state index in [4.69, 9.17) is 9.84 Å². The third-order valence-electron chi connectivity index (χ3n) is 5.06. The Balaban J connectivity index is 2.03. The normalized spacial score (nSPS) is 11.3. The molecule has 4 rings (SSSR count). The van der Waals surface area contributed by atoms with E-state index in [0.717, 1.165) is 46.1 Å². The van der Waals surface area contributed by atoms with E-state index >= 15 is 0 Å². The van der Waals surface area contributed by atoms with E-state index in [-0.39, 0.29) is 5.69 Å². The summed E-state index contributed by atoms with van der Waals surface area (Å²) in [4.78, 5) is 12.4. The molecular weight excluding hydrogens is 364 g/mol. The van der Waals surface area contributed by atoms with Crippen LogP contribution < -0.4 is 0 Å². The van der Waals surface area contributed by atoms with Crippen LogP contribution >= 0.6 is 0 Å². The number of aryl methyl sites for hydroxylation is 2. The highest BCUT2D eigenvalue weighted by atomic mass is 16.5. The molecule has 0 N–H and O–H groups in total. The third kappa shape index (κ3) is 3.24. The van der Waals surface area contributed by atoms with Gasteiger partial charge in [-0.1, -0.05) is 62.7 Å². The van der Waals surface area contributed by atoms with Gasteiger partial charge in [0, 0.05) is 0 Å². The number of carbonyl (C=O) groups is 1. The molecule has 29 heavy (non-hydrogen) atoms. The third-order valence-corrected chi connectivity index (χ3v) is 5.06. The molecule has 0 atom stereocenters. The number of hydrogen-bond donors (Lipinski definition) is 0. The van der Waals surface area contributed by atoms with Crippen molar-refractivity contribution in [1.29, 1.82) is 0 Å². The topological polar surface area (TPSA) is 69.4 Å². The van der Waals surface area contributed by atoms with Crippen LogP contribution in [0.3, 0.4) is 0 Å². The number of nitrogens with zero attached hydrogens (tertiary/aromatic N) is 4. The van der Waals surface area contributed by atoms with Crippen LogP contribution in [0.15, 0.2) is 42.5 Å². The van der Waals surface area contributed by atoms with Gasteiger partial charge in [-0.3, -0.25) is 0 Å². The number of benzene rings is 2. The lowest BCUT2D eigenvalue weighted by molar-refractivity contribution is 0.0515. The Hall–Kier alpha value is -3.28. The summed E-state index contributed by atoms with van der Waals surface area (Å²) in [6.45, 7) is 6.22.